The number of benzene rings is 2. The summed E-state index contributed by atoms with van der Waals surface area (Å²) in [6.45, 7) is 1.92. The highest BCUT2D eigenvalue weighted by molar-refractivity contribution is 6.30. The van der Waals surface area contributed by atoms with E-state index in [1.807, 2.05) is 60.1 Å². The van der Waals surface area contributed by atoms with E-state index in [9.17, 15) is 4.79 Å². The average molecular weight is 392 g/mol. The molecule has 5 nitrogen and oxygen atoms in total. The summed E-state index contributed by atoms with van der Waals surface area (Å²) >= 11 is 5.85. The van der Waals surface area contributed by atoms with Crippen molar-refractivity contribution in [2.75, 3.05) is 11.9 Å². The van der Waals surface area contributed by atoms with Crippen molar-refractivity contribution in [2.45, 2.75) is 6.92 Å². The number of halogens is 1. The molecule has 0 aliphatic rings. The van der Waals surface area contributed by atoms with Crippen LogP contribution < -0.4 is 10.1 Å². The quantitative estimate of drug-likeness (QED) is 0.522. The fourth-order valence-corrected chi connectivity index (χ4v) is 3.09. The number of para-hydroxylation sites is 1. The van der Waals surface area contributed by atoms with Gasteiger partial charge in [0, 0.05) is 23.0 Å². The largest absolute Gasteiger partial charge is 0.484 e. The van der Waals surface area contributed by atoms with Crippen LogP contribution in [0.4, 0.5) is 5.69 Å². The maximum atomic E-state index is 12.4. The summed E-state index contributed by atoms with van der Waals surface area (Å²) in [5, 5.41) is 3.53. The van der Waals surface area contributed by atoms with Gasteiger partial charge in [-0.2, -0.15) is 0 Å². The number of ether oxygens (including phenoxy) is 1. The van der Waals surface area contributed by atoms with Crippen LogP contribution in [0.3, 0.4) is 0 Å². The Labute approximate surface area is 167 Å². The molecule has 0 atom stereocenters. The number of nitrogens with zero attached hydrogens (tertiary/aromatic N) is 2. The summed E-state index contributed by atoms with van der Waals surface area (Å²) in [6.07, 6.45) is 3.91. The number of nitrogens with one attached hydrogen (secondary N) is 1. The van der Waals surface area contributed by atoms with Crippen molar-refractivity contribution in [3.63, 3.8) is 0 Å². The number of anilines is 1. The lowest BCUT2D eigenvalue weighted by molar-refractivity contribution is -0.118. The first kappa shape index (κ1) is 18.1. The Bertz CT molecular complexity index is 1140. The number of aryl methyl sites for hydroxylation is 1. The minimum absolute atomic E-state index is 0.0970. The molecule has 0 radical (unpaired) electrons. The minimum Gasteiger partial charge on any atom is -0.484 e. The summed E-state index contributed by atoms with van der Waals surface area (Å²) < 4.78 is 7.49. The molecule has 1 amide bonds. The maximum absolute atomic E-state index is 12.4. The Morgan fingerprint density at radius 2 is 1.89 bits per heavy atom. The molecule has 2 heterocycles. The van der Waals surface area contributed by atoms with Gasteiger partial charge in [-0.05, 0) is 48.9 Å². The molecule has 2 aromatic heterocycles. The molecule has 28 heavy (non-hydrogen) atoms. The first-order valence-corrected chi connectivity index (χ1v) is 9.20. The molecule has 6 heteroatoms. The number of aromatic nitrogens is 2. The van der Waals surface area contributed by atoms with Gasteiger partial charge in [-0.25, -0.2) is 4.98 Å². The molecular weight excluding hydrogens is 374 g/mol. The lowest BCUT2D eigenvalue weighted by Gasteiger charge is -2.10. The Hall–Kier alpha value is -3.31. The van der Waals surface area contributed by atoms with Crippen molar-refractivity contribution in [1.82, 2.24) is 9.38 Å². The predicted octanol–water partition coefficient (Wildman–Crippen LogP) is 4.98. The number of hydrogen-bond acceptors (Lipinski definition) is 3. The van der Waals surface area contributed by atoms with Crippen molar-refractivity contribution in [2.24, 2.45) is 0 Å². The summed E-state index contributed by atoms with van der Waals surface area (Å²) in [7, 11) is 0. The third kappa shape index (κ3) is 3.85. The van der Waals surface area contributed by atoms with E-state index in [-0.39, 0.29) is 12.5 Å². The van der Waals surface area contributed by atoms with Gasteiger partial charge in [-0.1, -0.05) is 35.9 Å². The summed E-state index contributed by atoms with van der Waals surface area (Å²) in [6, 6.07) is 18.5. The molecule has 0 aliphatic carbocycles. The van der Waals surface area contributed by atoms with E-state index in [4.69, 9.17) is 21.3 Å². The zero-order valence-electron chi connectivity index (χ0n) is 15.2. The van der Waals surface area contributed by atoms with Gasteiger partial charge in [0.1, 0.15) is 11.4 Å². The highest BCUT2D eigenvalue weighted by Crippen LogP contribution is 2.28. The van der Waals surface area contributed by atoms with E-state index < -0.39 is 0 Å². The van der Waals surface area contributed by atoms with Gasteiger partial charge in [0.25, 0.3) is 5.91 Å². The zero-order chi connectivity index (χ0) is 19.5. The first-order valence-electron chi connectivity index (χ1n) is 8.82. The van der Waals surface area contributed by atoms with E-state index in [1.165, 1.54) is 0 Å². The first-order chi connectivity index (χ1) is 13.6. The van der Waals surface area contributed by atoms with Crippen molar-refractivity contribution in [3.05, 3.63) is 83.6 Å². The van der Waals surface area contributed by atoms with E-state index in [0.717, 1.165) is 22.5 Å². The van der Waals surface area contributed by atoms with E-state index in [0.29, 0.717) is 16.5 Å². The number of carbonyl (C=O) groups excluding carboxylic acids is 1. The zero-order valence-corrected chi connectivity index (χ0v) is 16.0. The van der Waals surface area contributed by atoms with Crippen LogP contribution >= 0.6 is 11.6 Å². The van der Waals surface area contributed by atoms with E-state index >= 15 is 0 Å². The molecule has 4 aromatic rings. The molecule has 140 valence electrons. The second-order valence-electron chi connectivity index (χ2n) is 6.38. The smallest absolute Gasteiger partial charge is 0.262 e. The van der Waals surface area contributed by atoms with Gasteiger partial charge < -0.3 is 14.5 Å². The molecule has 0 saturated carbocycles. The number of amides is 1. The van der Waals surface area contributed by atoms with Crippen molar-refractivity contribution in [1.29, 1.82) is 0 Å². The highest BCUT2D eigenvalue weighted by atomic mass is 35.5. The van der Waals surface area contributed by atoms with Crippen LogP contribution in [0.5, 0.6) is 5.75 Å². The monoisotopic (exact) mass is 391 g/mol. The Morgan fingerprint density at radius 3 is 2.68 bits per heavy atom. The lowest BCUT2D eigenvalue weighted by Crippen LogP contribution is -2.20. The van der Waals surface area contributed by atoms with Gasteiger partial charge >= 0.3 is 0 Å². The third-order valence-electron chi connectivity index (χ3n) is 4.34. The van der Waals surface area contributed by atoms with Crippen LogP contribution in [-0.4, -0.2) is 21.9 Å². The number of rotatable bonds is 5. The van der Waals surface area contributed by atoms with Crippen molar-refractivity contribution in [3.8, 4) is 17.0 Å². The second-order valence-corrected chi connectivity index (χ2v) is 6.82. The van der Waals surface area contributed by atoms with E-state index in [1.54, 1.807) is 24.3 Å². The lowest BCUT2D eigenvalue weighted by atomic mass is 10.1. The molecule has 0 bridgehead atoms. The van der Waals surface area contributed by atoms with Crippen molar-refractivity contribution < 1.29 is 9.53 Å². The summed E-state index contributed by atoms with van der Waals surface area (Å²) in [5.41, 5.74) is 4.32. The topological polar surface area (TPSA) is 55.6 Å². The third-order valence-corrected chi connectivity index (χ3v) is 4.59. The molecular formula is C22H18ClN3O2. The van der Waals surface area contributed by atoms with Gasteiger partial charge in [-0.3, -0.25) is 4.79 Å². The molecule has 0 aliphatic heterocycles. The van der Waals surface area contributed by atoms with Crippen LogP contribution in [0.15, 0.2) is 73.1 Å². The van der Waals surface area contributed by atoms with Crippen LogP contribution in [0, 0.1) is 6.92 Å². The normalized spacial score (nSPS) is 10.8. The Kier molecular flexibility index (Phi) is 5.00. The van der Waals surface area contributed by atoms with Crippen LogP contribution in [0.1, 0.15) is 5.56 Å². The van der Waals surface area contributed by atoms with Gasteiger partial charge in [0.15, 0.2) is 6.61 Å². The van der Waals surface area contributed by atoms with Crippen LogP contribution in [0.25, 0.3) is 16.9 Å². The summed E-state index contributed by atoms with van der Waals surface area (Å²) in [5.74, 6) is 0.339. The Morgan fingerprint density at radius 1 is 1.11 bits per heavy atom. The molecule has 0 unspecified atom stereocenters. The van der Waals surface area contributed by atoms with Gasteiger partial charge in [-0.15, -0.1) is 0 Å². The molecule has 0 spiro atoms. The second kappa shape index (κ2) is 7.74. The van der Waals surface area contributed by atoms with Gasteiger partial charge in [0.2, 0.25) is 0 Å². The van der Waals surface area contributed by atoms with E-state index in [2.05, 4.69) is 5.32 Å². The number of imidazole rings is 1. The number of carbonyl (C=O) groups is 1. The number of pyridine rings is 1. The van der Waals surface area contributed by atoms with Crippen molar-refractivity contribution >= 4 is 28.8 Å². The Balaban J connectivity index is 1.53. The predicted molar refractivity (Wildman–Crippen MR) is 111 cm³/mol. The minimum atomic E-state index is -0.248. The number of fused-ring (bicyclic) bond motifs is 1. The fourth-order valence-electron chi connectivity index (χ4n) is 2.96. The maximum Gasteiger partial charge on any atom is 0.262 e. The number of hydrogen-bond donors (Lipinski definition) is 1. The van der Waals surface area contributed by atoms with Crippen LogP contribution in [0.2, 0.25) is 5.02 Å². The fraction of sp³-hybridized carbons (Fsp3) is 0.0909. The molecule has 4 rings (SSSR count). The van der Waals surface area contributed by atoms with Crippen LogP contribution in [-0.2, 0) is 4.79 Å². The SMILES string of the molecule is Cc1cccn2cc(-c3ccccc3NC(=O)COc3ccc(Cl)cc3)nc12. The highest BCUT2D eigenvalue weighted by Gasteiger charge is 2.12. The molecule has 0 fully saturated rings. The molecule has 2 aromatic carbocycles. The average Bonchev–Trinajstić information content (AvgIpc) is 3.13. The van der Waals surface area contributed by atoms with Gasteiger partial charge in [0.05, 0.1) is 11.4 Å². The standard InChI is InChI=1S/C22H18ClN3O2/c1-15-5-4-12-26-13-20(25-22(15)26)18-6-2-3-7-19(18)24-21(27)14-28-17-10-8-16(23)9-11-17/h2-13H,14H2,1H3,(H,24,27). The summed E-state index contributed by atoms with van der Waals surface area (Å²) in [4.78, 5) is 17.1. The molecule has 0 saturated heterocycles. The molecule has 1 N–H and O–H groups in total.